The van der Waals surface area contributed by atoms with Crippen molar-refractivity contribution in [1.82, 2.24) is 9.88 Å². The van der Waals surface area contributed by atoms with E-state index in [4.69, 9.17) is 5.11 Å². The summed E-state index contributed by atoms with van der Waals surface area (Å²) in [6, 6.07) is 8.44. The van der Waals surface area contributed by atoms with Gasteiger partial charge in [0.25, 0.3) is 0 Å². The highest BCUT2D eigenvalue weighted by Crippen LogP contribution is 2.19. The van der Waals surface area contributed by atoms with E-state index in [2.05, 4.69) is 29.8 Å². The van der Waals surface area contributed by atoms with Crippen LogP contribution in [-0.2, 0) is 11.3 Å². The zero-order valence-electron chi connectivity index (χ0n) is 11.9. The third-order valence-corrected chi connectivity index (χ3v) is 3.47. The number of aliphatic carboxylic acids is 1. The van der Waals surface area contributed by atoms with E-state index < -0.39 is 5.97 Å². The standard InChI is InChI=1S/C16H20N2O2/c1-12(2)18(8-7-16(19)20)11-14-10-17-9-13-5-3-4-6-15(13)14/h3-6,9-10,12H,7-8,11H2,1-2H3,(H,19,20). The Labute approximate surface area is 119 Å². The van der Waals surface area contributed by atoms with Gasteiger partial charge in [-0.3, -0.25) is 14.7 Å². The molecule has 0 saturated heterocycles. The average Bonchev–Trinajstić information content (AvgIpc) is 2.43. The predicted molar refractivity (Wildman–Crippen MR) is 79.5 cm³/mol. The lowest BCUT2D eigenvalue weighted by Gasteiger charge is -2.26. The fourth-order valence-corrected chi connectivity index (χ4v) is 2.28. The molecule has 1 heterocycles. The molecule has 1 N–H and O–H groups in total. The maximum absolute atomic E-state index is 10.8. The number of hydrogen-bond acceptors (Lipinski definition) is 3. The largest absolute Gasteiger partial charge is 0.481 e. The lowest BCUT2D eigenvalue weighted by Crippen LogP contribution is -2.32. The van der Waals surface area contributed by atoms with Crippen molar-refractivity contribution in [2.75, 3.05) is 6.54 Å². The lowest BCUT2D eigenvalue weighted by molar-refractivity contribution is -0.137. The normalized spacial score (nSPS) is 11.4. The van der Waals surface area contributed by atoms with Crippen LogP contribution in [0, 0.1) is 0 Å². The predicted octanol–water partition coefficient (Wildman–Crippen LogP) is 2.92. The SMILES string of the molecule is CC(C)N(CCC(=O)O)Cc1cncc2ccccc12. The van der Waals surface area contributed by atoms with Crippen molar-refractivity contribution < 1.29 is 9.90 Å². The first-order valence-corrected chi connectivity index (χ1v) is 6.85. The summed E-state index contributed by atoms with van der Waals surface area (Å²) in [5, 5.41) is 11.1. The van der Waals surface area contributed by atoms with E-state index in [0.29, 0.717) is 12.6 Å². The summed E-state index contributed by atoms with van der Waals surface area (Å²) >= 11 is 0. The Morgan fingerprint density at radius 1 is 1.30 bits per heavy atom. The molecular formula is C16H20N2O2. The molecule has 0 bridgehead atoms. The van der Waals surface area contributed by atoms with E-state index in [1.54, 1.807) is 0 Å². The first-order chi connectivity index (χ1) is 9.58. The number of hydrogen-bond donors (Lipinski definition) is 1. The molecule has 0 aliphatic heterocycles. The fraction of sp³-hybridized carbons (Fsp3) is 0.375. The van der Waals surface area contributed by atoms with Crippen LogP contribution in [0.1, 0.15) is 25.8 Å². The number of nitrogens with zero attached hydrogens (tertiary/aromatic N) is 2. The second-order valence-corrected chi connectivity index (χ2v) is 5.23. The molecule has 0 aliphatic rings. The summed E-state index contributed by atoms with van der Waals surface area (Å²) in [5.41, 5.74) is 1.14. The smallest absolute Gasteiger partial charge is 0.304 e. The highest BCUT2D eigenvalue weighted by atomic mass is 16.4. The van der Waals surface area contributed by atoms with E-state index in [-0.39, 0.29) is 6.42 Å². The molecule has 1 aromatic carbocycles. The van der Waals surface area contributed by atoms with Crippen LogP contribution in [0.4, 0.5) is 0 Å². The summed E-state index contributed by atoms with van der Waals surface area (Å²) in [6.45, 7) is 5.44. The number of carbonyl (C=O) groups is 1. The first-order valence-electron chi connectivity index (χ1n) is 6.85. The van der Waals surface area contributed by atoms with Crippen molar-refractivity contribution in [2.45, 2.75) is 32.9 Å². The van der Waals surface area contributed by atoms with E-state index in [1.165, 1.54) is 5.39 Å². The van der Waals surface area contributed by atoms with Gasteiger partial charge < -0.3 is 5.11 Å². The van der Waals surface area contributed by atoms with Crippen LogP contribution in [0.25, 0.3) is 10.8 Å². The Balaban J connectivity index is 2.22. The fourth-order valence-electron chi connectivity index (χ4n) is 2.28. The molecule has 1 aromatic heterocycles. The molecule has 4 heteroatoms. The molecule has 4 nitrogen and oxygen atoms in total. The van der Waals surface area contributed by atoms with E-state index in [0.717, 1.165) is 17.5 Å². The second-order valence-electron chi connectivity index (χ2n) is 5.23. The van der Waals surface area contributed by atoms with Crippen molar-refractivity contribution in [3.63, 3.8) is 0 Å². The van der Waals surface area contributed by atoms with Gasteiger partial charge in [0.1, 0.15) is 0 Å². The molecule has 0 aliphatic carbocycles. The minimum absolute atomic E-state index is 0.163. The van der Waals surface area contributed by atoms with Crippen molar-refractivity contribution in [3.8, 4) is 0 Å². The van der Waals surface area contributed by atoms with Crippen molar-refractivity contribution in [3.05, 3.63) is 42.2 Å². The van der Waals surface area contributed by atoms with Gasteiger partial charge in [0.15, 0.2) is 0 Å². The third-order valence-electron chi connectivity index (χ3n) is 3.47. The van der Waals surface area contributed by atoms with E-state index in [1.807, 2.05) is 30.6 Å². The van der Waals surface area contributed by atoms with Crippen LogP contribution >= 0.6 is 0 Å². The van der Waals surface area contributed by atoms with Crippen molar-refractivity contribution >= 4 is 16.7 Å². The Hall–Kier alpha value is -1.94. The van der Waals surface area contributed by atoms with Gasteiger partial charge in [-0.25, -0.2) is 0 Å². The highest BCUT2D eigenvalue weighted by Gasteiger charge is 2.13. The number of rotatable bonds is 6. The third kappa shape index (κ3) is 3.54. The summed E-state index contributed by atoms with van der Waals surface area (Å²) in [7, 11) is 0. The Morgan fingerprint density at radius 2 is 2.05 bits per heavy atom. The summed E-state index contributed by atoms with van der Waals surface area (Å²) in [6.07, 6.45) is 3.89. The molecule has 0 radical (unpaired) electrons. The van der Waals surface area contributed by atoms with Gasteiger partial charge in [-0.15, -0.1) is 0 Å². The minimum Gasteiger partial charge on any atom is -0.481 e. The number of carboxylic acid groups (broad SMARTS) is 1. The Bertz CT molecular complexity index is 591. The Morgan fingerprint density at radius 3 is 2.75 bits per heavy atom. The van der Waals surface area contributed by atoms with Gasteiger partial charge in [-0.05, 0) is 24.8 Å². The van der Waals surface area contributed by atoms with Crippen LogP contribution in [0.15, 0.2) is 36.7 Å². The second kappa shape index (κ2) is 6.48. The van der Waals surface area contributed by atoms with Gasteiger partial charge in [-0.2, -0.15) is 0 Å². The molecule has 106 valence electrons. The monoisotopic (exact) mass is 272 g/mol. The Kier molecular flexibility index (Phi) is 4.69. The summed E-state index contributed by atoms with van der Waals surface area (Å²) in [4.78, 5) is 17.2. The van der Waals surface area contributed by atoms with Crippen LogP contribution in [0.5, 0.6) is 0 Å². The average molecular weight is 272 g/mol. The van der Waals surface area contributed by atoms with E-state index in [9.17, 15) is 4.79 Å². The van der Waals surface area contributed by atoms with Gasteiger partial charge in [-0.1, -0.05) is 24.3 Å². The first kappa shape index (κ1) is 14.5. The number of pyridine rings is 1. The number of benzene rings is 1. The van der Waals surface area contributed by atoms with Crippen LogP contribution in [-0.4, -0.2) is 33.5 Å². The van der Waals surface area contributed by atoms with Crippen LogP contribution < -0.4 is 0 Å². The minimum atomic E-state index is -0.758. The maximum atomic E-state index is 10.8. The van der Waals surface area contributed by atoms with Gasteiger partial charge in [0, 0.05) is 36.9 Å². The maximum Gasteiger partial charge on any atom is 0.304 e. The molecule has 0 saturated carbocycles. The number of fused-ring (bicyclic) bond motifs is 1. The number of carboxylic acids is 1. The molecule has 2 aromatic rings. The topological polar surface area (TPSA) is 53.4 Å². The summed E-state index contributed by atoms with van der Waals surface area (Å²) in [5.74, 6) is -0.758. The van der Waals surface area contributed by atoms with Crippen molar-refractivity contribution in [2.24, 2.45) is 0 Å². The van der Waals surface area contributed by atoms with E-state index >= 15 is 0 Å². The van der Waals surface area contributed by atoms with Gasteiger partial charge in [0.05, 0.1) is 6.42 Å². The van der Waals surface area contributed by atoms with Gasteiger partial charge >= 0.3 is 5.97 Å². The summed E-state index contributed by atoms with van der Waals surface area (Å²) < 4.78 is 0. The molecule has 0 spiro atoms. The highest BCUT2D eigenvalue weighted by molar-refractivity contribution is 5.84. The molecule has 0 fully saturated rings. The zero-order valence-corrected chi connectivity index (χ0v) is 11.9. The van der Waals surface area contributed by atoms with Crippen molar-refractivity contribution in [1.29, 1.82) is 0 Å². The molecule has 0 unspecified atom stereocenters. The van der Waals surface area contributed by atoms with Crippen LogP contribution in [0.3, 0.4) is 0 Å². The molecular weight excluding hydrogens is 252 g/mol. The van der Waals surface area contributed by atoms with Crippen LogP contribution in [0.2, 0.25) is 0 Å². The molecule has 0 atom stereocenters. The number of aromatic nitrogens is 1. The molecule has 2 rings (SSSR count). The quantitative estimate of drug-likeness (QED) is 0.878. The zero-order chi connectivity index (χ0) is 14.5. The molecule has 0 amide bonds. The lowest BCUT2D eigenvalue weighted by atomic mass is 10.1. The molecule has 20 heavy (non-hydrogen) atoms. The van der Waals surface area contributed by atoms with Gasteiger partial charge in [0.2, 0.25) is 0 Å².